The van der Waals surface area contributed by atoms with Crippen molar-refractivity contribution in [1.82, 2.24) is 4.57 Å². The third-order valence-electron chi connectivity index (χ3n) is 7.13. The van der Waals surface area contributed by atoms with Gasteiger partial charge in [-0.05, 0) is 65.9 Å². The van der Waals surface area contributed by atoms with Crippen molar-refractivity contribution in [3.8, 4) is 17.2 Å². The van der Waals surface area contributed by atoms with E-state index >= 15 is 0 Å². The van der Waals surface area contributed by atoms with Crippen LogP contribution in [0.15, 0.2) is 94.7 Å². The normalized spacial score (nSPS) is 16.1. The lowest BCUT2D eigenvalue weighted by molar-refractivity contribution is 0.363. The van der Waals surface area contributed by atoms with E-state index < -0.39 is 0 Å². The van der Waals surface area contributed by atoms with E-state index in [1.165, 1.54) is 16.9 Å². The van der Waals surface area contributed by atoms with E-state index in [0.717, 1.165) is 46.6 Å². The summed E-state index contributed by atoms with van der Waals surface area (Å²) in [7, 11) is 3.30. The van der Waals surface area contributed by atoms with Crippen LogP contribution in [0.1, 0.15) is 34.7 Å². The van der Waals surface area contributed by atoms with Crippen LogP contribution in [0.3, 0.4) is 0 Å². The molecule has 0 radical (unpaired) electrons. The molecule has 0 amide bonds. The van der Waals surface area contributed by atoms with Crippen LogP contribution in [0.25, 0.3) is 11.8 Å². The summed E-state index contributed by atoms with van der Waals surface area (Å²) >= 11 is 1.40. The van der Waals surface area contributed by atoms with Gasteiger partial charge >= 0.3 is 0 Å². The van der Waals surface area contributed by atoms with Crippen LogP contribution in [0.5, 0.6) is 17.2 Å². The van der Waals surface area contributed by atoms with Gasteiger partial charge in [0.15, 0.2) is 4.80 Å². The van der Waals surface area contributed by atoms with E-state index in [1.807, 2.05) is 59.2 Å². The first kappa shape index (κ1) is 24.9. The molecule has 6 nitrogen and oxygen atoms in total. The molecule has 2 aliphatic rings. The van der Waals surface area contributed by atoms with Crippen LogP contribution in [0.2, 0.25) is 0 Å². The predicted molar refractivity (Wildman–Crippen MR) is 154 cm³/mol. The summed E-state index contributed by atoms with van der Waals surface area (Å²) in [5, 5.41) is 0. The largest absolute Gasteiger partial charge is 0.497 e. The summed E-state index contributed by atoms with van der Waals surface area (Å²) in [4.78, 5) is 19.8. The second kappa shape index (κ2) is 10.4. The molecule has 4 aromatic rings. The fourth-order valence-electron chi connectivity index (χ4n) is 5.35. The van der Waals surface area contributed by atoms with Crippen LogP contribution in [0.4, 0.5) is 0 Å². The molecule has 1 unspecified atom stereocenters. The topological polar surface area (TPSA) is 62.0 Å². The number of thiazole rings is 1. The molecular weight excluding hydrogens is 508 g/mol. The Kier molecular flexibility index (Phi) is 6.67. The Morgan fingerprint density at radius 1 is 1.03 bits per heavy atom. The average Bonchev–Trinajstić information content (AvgIpc) is 3.28. The molecule has 1 aliphatic heterocycles. The number of methoxy groups -OCH3 is 2. The van der Waals surface area contributed by atoms with Gasteiger partial charge < -0.3 is 14.2 Å². The fraction of sp³-hybridized carbons (Fsp3) is 0.188. The van der Waals surface area contributed by atoms with Crippen molar-refractivity contribution in [2.24, 2.45) is 4.99 Å². The molecule has 1 aromatic heterocycles. The number of hydrogen-bond donors (Lipinski definition) is 0. The van der Waals surface area contributed by atoms with Crippen molar-refractivity contribution in [1.29, 1.82) is 0 Å². The van der Waals surface area contributed by atoms with Gasteiger partial charge in [0, 0.05) is 11.1 Å². The third-order valence-corrected chi connectivity index (χ3v) is 8.11. The Balaban J connectivity index is 1.59. The maximum absolute atomic E-state index is 14.1. The van der Waals surface area contributed by atoms with Gasteiger partial charge in [-0.3, -0.25) is 9.36 Å². The number of hydrogen-bond acceptors (Lipinski definition) is 6. The molecule has 0 saturated carbocycles. The van der Waals surface area contributed by atoms with E-state index in [-0.39, 0.29) is 11.6 Å². The molecule has 6 rings (SSSR count). The quantitative estimate of drug-likeness (QED) is 0.315. The number of aromatic nitrogens is 1. The van der Waals surface area contributed by atoms with Crippen molar-refractivity contribution in [2.75, 3.05) is 20.8 Å². The number of allylic oxidation sites excluding steroid dienone is 1. The smallest absolute Gasteiger partial charge is 0.271 e. The van der Waals surface area contributed by atoms with Gasteiger partial charge in [-0.2, -0.15) is 0 Å². The second-order valence-electron chi connectivity index (χ2n) is 9.39. The van der Waals surface area contributed by atoms with Crippen molar-refractivity contribution in [2.45, 2.75) is 18.9 Å². The minimum Gasteiger partial charge on any atom is -0.497 e. The molecular formula is C32H28N2O4S. The van der Waals surface area contributed by atoms with E-state index in [9.17, 15) is 4.79 Å². The van der Waals surface area contributed by atoms with Gasteiger partial charge in [0.1, 0.15) is 23.9 Å². The summed E-state index contributed by atoms with van der Waals surface area (Å²) in [6.45, 7) is 4.13. The molecule has 1 atom stereocenters. The van der Waals surface area contributed by atoms with Gasteiger partial charge in [0.2, 0.25) is 0 Å². The molecule has 2 heterocycles. The highest BCUT2D eigenvalue weighted by Gasteiger charge is 2.34. The minimum absolute atomic E-state index is 0.0866. The molecule has 7 heteroatoms. The number of aryl methyl sites for hydroxylation is 1. The maximum Gasteiger partial charge on any atom is 0.271 e. The Morgan fingerprint density at radius 3 is 2.72 bits per heavy atom. The number of rotatable bonds is 7. The van der Waals surface area contributed by atoms with Crippen molar-refractivity contribution >= 4 is 23.1 Å². The lowest BCUT2D eigenvalue weighted by Gasteiger charge is -2.31. The molecule has 0 N–H and O–H groups in total. The summed E-state index contributed by atoms with van der Waals surface area (Å²) in [5.41, 5.74) is 6.12. The van der Waals surface area contributed by atoms with Gasteiger partial charge in [-0.1, -0.05) is 60.4 Å². The predicted octanol–water partition coefficient (Wildman–Crippen LogP) is 4.90. The van der Waals surface area contributed by atoms with E-state index in [2.05, 4.69) is 24.8 Å². The number of nitrogens with zero attached hydrogens (tertiary/aromatic N) is 2. The van der Waals surface area contributed by atoms with Gasteiger partial charge in [0.05, 0.1) is 30.5 Å². The summed E-state index contributed by atoms with van der Waals surface area (Å²) in [6, 6.07) is 21.5. The van der Waals surface area contributed by atoms with Crippen molar-refractivity contribution in [3.05, 3.63) is 127 Å². The maximum atomic E-state index is 14.1. The summed E-state index contributed by atoms with van der Waals surface area (Å²) in [6.07, 6.45) is 5.29. The van der Waals surface area contributed by atoms with Gasteiger partial charge in [0.25, 0.3) is 5.56 Å². The van der Waals surface area contributed by atoms with Crippen LogP contribution in [0, 0.1) is 0 Å². The first-order chi connectivity index (χ1) is 19.1. The summed E-state index contributed by atoms with van der Waals surface area (Å²) < 4.78 is 19.5. The molecule has 0 spiro atoms. The second-order valence-corrected chi connectivity index (χ2v) is 10.4. The lowest BCUT2D eigenvalue weighted by atomic mass is 9.83. The Morgan fingerprint density at radius 2 is 1.90 bits per heavy atom. The molecule has 1 aliphatic carbocycles. The molecule has 0 saturated heterocycles. The fourth-order valence-corrected chi connectivity index (χ4v) is 6.35. The van der Waals surface area contributed by atoms with E-state index in [1.54, 1.807) is 20.3 Å². The van der Waals surface area contributed by atoms with Crippen molar-refractivity contribution in [3.63, 3.8) is 0 Å². The molecule has 0 fully saturated rings. The zero-order valence-electron chi connectivity index (χ0n) is 21.8. The molecule has 196 valence electrons. The van der Waals surface area contributed by atoms with E-state index in [4.69, 9.17) is 19.2 Å². The molecule has 3 aromatic carbocycles. The first-order valence-corrected chi connectivity index (χ1v) is 13.6. The van der Waals surface area contributed by atoms with Crippen LogP contribution in [-0.4, -0.2) is 25.4 Å². The van der Waals surface area contributed by atoms with Crippen LogP contribution >= 0.6 is 11.3 Å². The molecule has 39 heavy (non-hydrogen) atoms. The number of ether oxygens (including phenoxy) is 3. The van der Waals surface area contributed by atoms with Gasteiger partial charge in [-0.15, -0.1) is 0 Å². The highest BCUT2D eigenvalue weighted by Crippen LogP contribution is 2.44. The lowest BCUT2D eigenvalue weighted by Crippen LogP contribution is -2.39. The number of fused-ring (bicyclic) bond motifs is 3. The Hall–Kier alpha value is -4.36. The number of benzene rings is 3. The van der Waals surface area contributed by atoms with Gasteiger partial charge in [-0.25, -0.2) is 4.99 Å². The third kappa shape index (κ3) is 4.49. The zero-order valence-corrected chi connectivity index (χ0v) is 22.7. The monoisotopic (exact) mass is 536 g/mol. The van der Waals surface area contributed by atoms with Crippen LogP contribution in [-0.2, 0) is 6.42 Å². The molecule has 0 bridgehead atoms. The standard InChI is InChI=1S/C32H28N2O4S/c1-4-16-38-23-10-7-8-20(17-23)18-28-31(35)34-30(26-19-22(36-2)13-15-27(26)37-3)25-14-12-21-9-5-6-11-24(21)29(25)33-32(34)39-28/h4-11,13,15,17-19,30H,1,12,14,16H2,2-3H3. The van der Waals surface area contributed by atoms with E-state index in [0.29, 0.717) is 27.4 Å². The van der Waals surface area contributed by atoms with Crippen LogP contribution < -0.4 is 29.1 Å². The highest BCUT2D eigenvalue weighted by molar-refractivity contribution is 7.07. The highest BCUT2D eigenvalue weighted by atomic mass is 32.1. The Bertz CT molecular complexity index is 1800. The minimum atomic E-state index is -0.362. The average molecular weight is 537 g/mol. The summed E-state index contributed by atoms with van der Waals surface area (Å²) in [5.74, 6) is 2.14. The SMILES string of the molecule is C=CCOc1cccc(C=c2sc3n(c2=O)C(c2cc(OC)ccc2OC)C2=C(N=3)c3ccccc3CC2)c1. The zero-order chi connectivity index (χ0) is 26.9. The Labute approximate surface area is 230 Å². The first-order valence-electron chi connectivity index (χ1n) is 12.8. The van der Waals surface area contributed by atoms with Crippen molar-refractivity contribution < 1.29 is 14.2 Å².